The number of hydrogen-bond acceptors (Lipinski definition) is 7. The fourth-order valence-corrected chi connectivity index (χ4v) is 4.89. The summed E-state index contributed by atoms with van der Waals surface area (Å²) in [5, 5.41) is 7.71. The molecular weight excluding hydrogens is 448 g/mol. The van der Waals surface area contributed by atoms with Crippen LogP contribution in [-0.4, -0.2) is 52.0 Å². The minimum Gasteiger partial charge on any atom is -0.463 e. The molecule has 5 rings (SSSR count). The summed E-state index contributed by atoms with van der Waals surface area (Å²) in [6, 6.07) is 11.1. The first kappa shape index (κ1) is 20.9. The monoisotopic (exact) mass is 468 g/mol. The Morgan fingerprint density at radius 3 is 2.72 bits per heavy atom. The highest BCUT2D eigenvalue weighted by Crippen LogP contribution is 2.32. The molecule has 1 fully saturated rings. The molecule has 1 saturated heterocycles. The van der Waals surface area contributed by atoms with Crippen LogP contribution in [0.3, 0.4) is 0 Å². The number of amides is 1. The minimum absolute atomic E-state index is 0.0762. The summed E-state index contributed by atoms with van der Waals surface area (Å²) in [6.45, 7) is 5.31. The lowest BCUT2D eigenvalue weighted by Gasteiger charge is -2.34. The summed E-state index contributed by atoms with van der Waals surface area (Å²) in [5.74, 6) is 1.20. The maximum absolute atomic E-state index is 13.3. The van der Waals surface area contributed by atoms with Gasteiger partial charge in [-0.15, -0.1) is 11.3 Å². The Balaban J connectivity index is 1.25. The normalized spacial score (nSPS) is 14.8. The number of carbonyl (C=O) groups is 1. The summed E-state index contributed by atoms with van der Waals surface area (Å²) in [7, 11) is 0. The van der Waals surface area contributed by atoms with E-state index in [1.54, 1.807) is 30.6 Å². The van der Waals surface area contributed by atoms with Crippen LogP contribution in [0.1, 0.15) is 21.1 Å². The second-order valence-corrected chi connectivity index (χ2v) is 8.96. The highest BCUT2D eigenvalue weighted by atomic mass is 35.5. The molecule has 164 valence electrons. The fourth-order valence-electron chi connectivity index (χ4n) is 3.84. The van der Waals surface area contributed by atoms with Crippen LogP contribution in [0.15, 0.2) is 57.0 Å². The summed E-state index contributed by atoms with van der Waals surface area (Å²) in [6.07, 6.45) is 1.65. The number of piperazine rings is 1. The fraction of sp³-hybridized carbons (Fsp3) is 0.261. The average Bonchev–Trinajstić information content (AvgIpc) is 3.55. The molecule has 9 heteroatoms. The molecule has 0 atom stereocenters. The average molecular weight is 469 g/mol. The lowest BCUT2D eigenvalue weighted by molar-refractivity contribution is 0.0627. The molecule has 4 aromatic rings. The second-order valence-electron chi connectivity index (χ2n) is 7.61. The molecule has 0 aliphatic carbocycles. The standard InChI is InChI=1S/C23H21ClN4O3S/c1-15-21(22(26-31-15)16-5-2-3-6-17(16)24)23(29)28-10-8-27(9-11-28)13-20-25-18(14-32-20)19-7-4-12-30-19/h2-7,12,14H,8-11,13H2,1H3. The van der Waals surface area contributed by atoms with Gasteiger partial charge in [-0.25, -0.2) is 4.98 Å². The molecule has 1 aromatic carbocycles. The van der Waals surface area contributed by atoms with Crippen molar-refractivity contribution >= 4 is 28.8 Å². The molecule has 0 spiro atoms. The zero-order chi connectivity index (χ0) is 22.1. The van der Waals surface area contributed by atoms with Crippen LogP contribution in [0, 0.1) is 6.92 Å². The number of carbonyl (C=O) groups excluding carboxylic acids is 1. The van der Waals surface area contributed by atoms with Gasteiger partial charge in [0.25, 0.3) is 5.91 Å². The van der Waals surface area contributed by atoms with Gasteiger partial charge in [0, 0.05) is 37.1 Å². The molecule has 0 N–H and O–H groups in total. The molecule has 3 aromatic heterocycles. The molecule has 7 nitrogen and oxygen atoms in total. The number of rotatable bonds is 5. The molecule has 1 aliphatic rings. The zero-order valence-corrected chi connectivity index (χ0v) is 19.0. The van der Waals surface area contributed by atoms with Gasteiger partial charge in [-0.2, -0.15) is 0 Å². The van der Waals surface area contributed by atoms with E-state index in [2.05, 4.69) is 15.0 Å². The highest BCUT2D eigenvalue weighted by Gasteiger charge is 2.29. The third-order valence-corrected chi connectivity index (χ3v) is 6.71. The van der Waals surface area contributed by atoms with Crippen molar-refractivity contribution in [2.75, 3.05) is 26.2 Å². The number of aryl methyl sites for hydroxylation is 1. The van der Waals surface area contributed by atoms with E-state index >= 15 is 0 Å². The van der Waals surface area contributed by atoms with Crippen LogP contribution in [0.5, 0.6) is 0 Å². The van der Waals surface area contributed by atoms with Crippen LogP contribution >= 0.6 is 22.9 Å². The number of hydrogen-bond donors (Lipinski definition) is 0. The predicted molar refractivity (Wildman–Crippen MR) is 123 cm³/mol. The van der Waals surface area contributed by atoms with Crippen LogP contribution in [0.4, 0.5) is 0 Å². The first-order chi connectivity index (χ1) is 15.6. The number of aromatic nitrogens is 2. The van der Waals surface area contributed by atoms with Gasteiger partial charge in [0.2, 0.25) is 0 Å². The van der Waals surface area contributed by atoms with Crippen molar-refractivity contribution in [3.8, 4) is 22.7 Å². The van der Waals surface area contributed by atoms with Gasteiger partial charge in [-0.3, -0.25) is 9.69 Å². The molecular formula is C23H21ClN4O3S. The number of thiazole rings is 1. The molecule has 1 aliphatic heterocycles. The Hall–Kier alpha value is -2.94. The van der Waals surface area contributed by atoms with E-state index in [0.717, 1.165) is 36.1 Å². The van der Waals surface area contributed by atoms with Gasteiger partial charge >= 0.3 is 0 Å². The van der Waals surface area contributed by atoms with E-state index in [0.29, 0.717) is 40.7 Å². The van der Waals surface area contributed by atoms with Gasteiger partial charge in [-0.1, -0.05) is 35.0 Å². The Labute approximate surface area is 194 Å². The van der Waals surface area contributed by atoms with Crippen molar-refractivity contribution in [1.82, 2.24) is 19.9 Å². The smallest absolute Gasteiger partial charge is 0.259 e. The van der Waals surface area contributed by atoms with E-state index in [4.69, 9.17) is 20.5 Å². The minimum atomic E-state index is -0.0762. The van der Waals surface area contributed by atoms with Crippen molar-refractivity contribution < 1.29 is 13.7 Å². The topological polar surface area (TPSA) is 75.6 Å². The SMILES string of the molecule is Cc1onc(-c2ccccc2Cl)c1C(=O)N1CCN(Cc2nc(-c3ccco3)cs2)CC1. The number of furan rings is 1. The Bertz CT molecular complexity index is 1230. The van der Waals surface area contributed by atoms with Gasteiger partial charge in [0.05, 0.1) is 17.8 Å². The molecule has 4 heterocycles. The Morgan fingerprint density at radius 2 is 1.97 bits per heavy atom. The van der Waals surface area contributed by atoms with Crippen molar-refractivity contribution in [3.05, 3.63) is 69.4 Å². The number of nitrogens with zero attached hydrogens (tertiary/aromatic N) is 4. The predicted octanol–water partition coefficient (Wildman–Crippen LogP) is 4.98. The Morgan fingerprint density at radius 1 is 1.16 bits per heavy atom. The summed E-state index contributed by atoms with van der Waals surface area (Å²) < 4.78 is 10.8. The van der Waals surface area contributed by atoms with Gasteiger partial charge in [0.1, 0.15) is 27.7 Å². The van der Waals surface area contributed by atoms with E-state index in [1.165, 1.54) is 0 Å². The molecule has 32 heavy (non-hydrogen) atoms. The summed E-state index contributed by atoms with van der Waals surface area (Å²) in [5.41, 5.74) is 2.53. The van der Waals surface area contributed by atoms with E-state index in [9.17, 15) is 4.79 Å². The first-order valence-corrected chi connectivity index (χ1v) is 11.6. The largest absolute Gasteiger partial charge is 0.463 e. The van der Waals surface area contributed by atoms with E-state index < -0.39 is 0 Å². The highest BCUT2D eigenvalue weighted by molar-refractivity contribution is 7.09. The molecule has 0 saturated carbocycles. The van der Waals surface area contributed by atoms with Gasteiger partial charge in [0.15, 0.2) is 5.76 Å². The third kappa shape index (κ3) is 4.09. The maximum Gasteiger partial charge on any atom is 0.259 e. The van der Waals surface area contributed by atoms with Crippen molar-refractivity contribution in [3.63, 3.8) is 0 Å². The first-order valence-electron chi connectivity index (χ1n) is 10.3. The van der Waals surface area contributed by atoms with Crippen molar-refractivity contribution in [1.29, 1.82) is 0 Å². The van der Waals surface area contributed by atoms with Crippen molar-refractivity contribution in [2.24, 2.45) is 0 Å². The van der Waals surface area contributed by atoms with Crippen LogP contribution in [0.25, 0.3) is 22.7 Å². The third-order valence-electron chi connectivity index (χ3n) is 5.55. The lowest BCUT2D eigenvalue weighted by Crippen LogP contribution is -2.48. The van der Waals surface area contributed by atoms with E-state index in [1.807, 2.05) is 40.6 Å². The Kier molecular flexibility index (Phi) is 5.82. The lowest BCUT2D eigenvalue weighted by atomic mass is 10.0. The van der Waals surface area contributed by atoms with Crippen molar-refractivity contribution in [2.45, 2.75) is 13.5 Å². The van der Waals surface area contributed by atoms with Crippen LogP contribution in [-0.2, 0) is 6.54 Å². The molecule has 1 amide bonds. The maximum atomic E-state index is 13.3. The molecule has 0 radical (unpaired) electrons. The van der Waals surface area contributed by atoms with Crippen LogP contribution in [0.2, 0.25) is 5.02 Å². The summed E-state index contributed by atoms with van der Waals surface area (Å²) >= 11 is 7.96. The molecule has 0 unspecified atom stereocenters. The van der Waals surface area contributed by atoms with E-state index in [-0.39, 0.29) is 5.91 Å². The summed E-state index contributed by atoms with van der Waals surface area (Å²) in [4.78, 5) is 22.2. The number of halogens is 1. The zero-order valence-electron chi connectivity index (χ0n) is 17.5. The second kappa shape index (κ2) is 8.90. The van der Waals surface area contributed by atoms with Gasteiger partial charge < -0.3 is 13.8 Å². The van der Waals surface area contributed by atoms with Gasteiger partial charge in [-0.05, 0) is 25.1 Å². The molecule has 0 bridgehead atoms. The quantitative estimate of drug-likeness (QED) is 0.411. The van der Waals surface area contributed by atoms with Crippen LogP contribution < -0.4 is 0 Å². The number of benzene rings is 1.